The number of alkyl halides is 3. The van der Waals surface area contributed by atoms with Crippen LogP contribution in [-0.2, 0) is 15.8 Å². The van der Waals surface area contributed by atoms with Crippen LogP contribution in [0.5, 0.6) is 0 Å². The Hall–Kier alpha value is -1.76. The Labute approximate surface area is 130 Å². The highest BCUT2D eigenvalue weighted by Crippen LogP contribution is 2.34. The van der Waals surface area contributed by atoms with Crippen molar-refractivity contribution in [3.63, 3.8) is 0 Å². The predicted molar refractivity (Wildman–Crippen MR) is 75.7 cm³/mol. The molecule has 0 aliphatic carbocycles. The number of anilines is 1. The molecule has 0 aromatic heterocycles. The van der Waals surface area contributed by atoms with Gasteiger partial charge in [-0.2, -0.15) is 13.2 Å². The fraction of sp³-hybridized carbons (Fsp3) is 0.429. The SMILES string of the molecule is CC(C)(CC(=O)O)CC(=O)Nc1cc(C(F)(F)F)ccc1Cl. The zero-order chi connectivity index (χ0) is 17.1. The first kappa shape index (κ1) is 18.3. The fourth-order valence-corrected chi connectivity index (χ4v) is 2.06. The summed E-state index contributed by atoms with van der Waals surface area (Å²) in [4.78, 5) is 22.6. The predicted octanol–water partition coefficient (Wildman–Crippen LogP) is 4.19. The number of halogens is 4. The first-order valence-electron chi connectivity index (χ1n) is 6.29. The van der Waals surface area contributed by atoms with E-state index >= 15 is 0 Å². The lowest BCUT2D eigenvalue weighted by Crippen LogP contribution is -2.25. The summed E-state index contributed by atoms with van der Waals surface area (Å²) in [6.45, 7) is 3.16. The Morgan fingerprint density at radius 1 is 1.23 bits per heavy atom. The molecule has 122 valence electrons. The van der Waals surface area contributed by atoms with Crippen LogP contribution in [0.3, 0.4) is 0 Å². The molecular weight excluding hydrogens is 323 g/mol. The topological polar surface area (TPSA) is 66.4 Å². The molecular formula is C14H15ClF3NO3. The molecule has 0 fully saturated rings. The summed E-state index contributed by atoms with van der Waals surface area (Å²) in [6.07, 6.45) is -4.95. The third-order valence-electron chi connectivity index (χ3n) is 2.84. The van der Waals surface area contributed by atoms with Gasteiger partial charge in [-0.1, -0.05) is 25.4 Å². The summed E-state index contributed by atoms with van der Waals surface area (Å²) < 4.78 is 37.9. The van der Waals surface area contributed by atoms with Crippen molar-refractivity contribution in [2.45, 2.75) is 32.9 Å². The van der Waals surface area contributed by atoms with Crippen LogP contribution in [-0.4, -0.2) is 17.0 Å². The summed E-state index contributed by atoms with van der Waals surface area (Å²) in [5, 5.41) is 11.0. The monoisotopic (exact) mass is 337 g/mol. The summed E-state index contributed by atoms with van der Waals surface area (Å²) in [5.74, 6) is -1.66. The second kappa shape index (κ2) is 6.56. The molecule has 0 heterocycles. The van der Waals surface area contributed by atoms with Gasteiger partial charge in [0.05, 0.1) is 22.7 Å². The summed E-state index contributed by atoms with van der Waals surface area (Å²) in [5.41, 5.74) is -1.92. The number of hydrogen-bond acceptors (Lipinski definition) is 2. The molecule has 0 spiro atoms. The molecule has 0 atom stereocenters. The van der Waals surface area contributed by atoms with Crippen LogP contribution in [0.2, 0.25) is 5.02 Å². The van der Waals surface area contributed by atoms with E-state index in [9.17, 15) is 22.8 Å². The number of rotatable bonds is 5. The van der Waals surface area contributed by atoms with E-state index in [4.69, 9.17) is 16.7 Å². The lowest BCUT2D eigenvalue weighted by atomic mass is 9.85. The largest absolute Gasteiger partial charge is 0.481 e. The molecule has 4 nitrogen and oxygen atoms in total. The minimum atomic E-state index is -4.55. The van der Waals surface area contributed by atoms with E-state index in [1.807, 2.05) is 0 Å². The average Bonchev–Trinajstić information content (AvgIpc) is 2.27. The van der Waals surface area contributed by atoms with Gasteiger partial charge in [0.15, 0.2) is 0 Å². The van der Waals surface area contributed by atoms with Crippen LogP contribution in [0.15, 0.2) is 18.2 Å². The number of aliphatic carboxylic acids is 1. The zero-order valence-electron chi connectivity index (χ0n) is 11.9. The van der Waals surface area contributed by atoms with Crippen molar-refractivity contribution in [3.05, 3.63) is 28.8 Å². The molecule has 1 rings (SSSR count). The van der Waals surface area contributed by atoms with E-state index in [1.165, 1.54) is 0 Å². The molecule has 0 aliphatic heterocycles. The Balaban J connectivity index is 2.86. The van der Waals surface area contributed by atoms with E-state index in [0.717, 1.165) is 18.2 Å². The van der Waals surface area contributed by atoms with E-state index in [0.29, 0.717) is 0 Å². The molecule has 22 heavy (non-hydrogen) atoms. The van der Waals surface area contributed by atoms with Crippen molar-refractivity contribution in [3.8, 4) is 0 Å². The molecule has 0 saturated carbocycles. The van der Waals surface area contributed by atoms with Crippen LogP contribution >= 0.6 is 11.6 Å². The maximum Gasteiger partial charge on any atom is 0.416 e. The second-order valence-corrected chi connectivity index (χ2v) is 6.06. The van der Waals surface area contributed by atoms with E-state index in [2.05, 4.69) is 5.32 Å². The highest BCUT2D eigenvalue weighted by Gasteiger charge is 2.31. The molecule has 1 aromatic rings. The standard InChI is InChI=1S/C14H15ClF3NO3/c1-13(2,7-12(21)22)6-11(20)19-10-5-8(14(16,17)18)3-4-9(10)15/h3-5H,6-7H2,1-2H3,(H,19,20)(H,21,22). The van der Waals surface area contributed by atoms with Gasteiger partial charge < -0.3 is 10.4 Å². The van der Waals surface area contributed by atoms with Crippen molar-refractivity contribution in [1.82, 2.24) is 0 Å². The van der Waals surface area contributed by atoms with Crippen molar-refractivity contribution in [2.75, 3.05) is 5.32 Å². The van der Waals surface area contributed by atoms with Gasteiger partial charge in [-0.05, 0) is 23.6 Å². The van der Waals surface area contributed by atoms with Gasteiger partial charge in [0.25, 0.3) is 0 Å². The molecule has 0 bridgehead atoms. The lowest BCUT2D eigenvalue weighted by Gasteiger charge is -2.21. The Kier molecular flexibility index (Phi) is 5.45. The van der Waals surface area contributed by atoms with Gasteiger partial charge in [0.1, 0.15) is 0 Å². The number of benzene rings is 1. The highest BCUT2D eigenvalue weighted by molar-refractivity contribution is 6.33. The summed E-state index contributed by atoms with van der Waals surface area (Å²) >= 11 is 5.77. The maximum absolute atomic E-state index is 12.6. The van der Waals surface area contributed by atoms with E-state index < -0.39 is 29.0 Å². The maximum atomic E-state index is 12.6. The van der Waals surface area contributed by atoms with Gasteiger partial charge in [0, 0.05) is 6.42 Å². The minimum absolute atomic E-state index is 0.0302. The average molecular weight is 338 g/mol. The molecule has 1 amide bonds. The highest BCUT2D eigenvalue weighted by atomic mass is 35.5. The Bertz CT molecular complexity index is 585. The van der Waals surface area contributed by atoms with Gasteiger partial charge in [-0.15, -0.1) is 0 Å². The van der Waals surface area contributed by atoms with Gasteiger partial charge in [0.2, 0.25) is 5.91 Å². The molecule has 0 saturated heterocycles. The van der Waals surface area contributed by atoms with Crippen molar-refractivity contribution < 1.29 is 27.9 Å². The van der Waals surface area contributed by atoms with Crippen molar-refractivity contribution in [1.29, 1.82) is 0 Å². The van der Waals surface area contributed by atoms with Crippen LogP contribution < -0.4 is 5.32 Å². The first-order chi connectivity index (χ1) is 9.90. The number of carboxylic acid groups (broad SMARTS) is 1. The summed E-state index contributed by atoms with van der Waals surface area (Å²) in [7, 11) is 0. The quantitative estimate of drug-likeness (QED) is 0.846. The third-order valence-corrected chi connectivity index (χ3v) is 3.17. The van der Waals surface area contributed by atoms with Crippen LogP contribution in [0.4, 0.5) is 18.9 Å². The third kappa shape index (κ3) is 5.55. The van der Waals surface area contributed by atoms with Crippen LogP contribution in [0.1, 0.15) is 32.3 Å². The number of carboxylic acids is 1. The van der Waals surface area contributed by atoms with Gasteiger partial charge in [-0.3, -0.25) is 9.59 Å². The number of carbonyl (C=O) groups excluding carboxylic acids is 1. The zero-order valence-corrected chi connectivity index (χ0v) is 12.7. The smallest absolute Gasteiger partial charge is 0.416 e. The van der Waals surface area contributed by atoms with Crippen molar-refractivity contribution in [2.24, 2.45) is 5.41 Å². The number of hydrogen-bond donors (Lipinski definition) is 2. The molecule has 0 aliphatic rings. The molecule has 2 N–H and O–H groups in total. The summed E-state index contributed by atoms with van der Waals surface area (Å²) in [6, 6.07) is 2.60. The second-order valence-electron chi connectivity index (χ2n) is 5.65. The van der Waals surface area contributed by atoms with Crippen LogP contribution in [0, 0.1) is 5.41 Å². The van der Waals surface area contributed by atoms with Crippen LogP contribution in [0.25, 0.3) is 0 Å². The van der Waals surface area contributed by atoms with Gasteiger partial charge >= 0.3 is 12.1 Å². The Morgan fingerprint density at radius 2 is 1.82 bits per heavy atom. The fourth-order valence-electron chi connectivity index (χ4n) is 1.90. The lowest BCUT2D eigenvalue weighted by molar-refractivity contribution is -0.140. The molecule has 0 radical (unpaired) electrons. The van der Waals surface area contributed by atoms with E-state index in [1.54, 1.807) is 13.8 Å². The number of amides is 1. The molecule has 1 aromatic carbocycles. The van der Waals surface area contributed by atoms with E-state index in [-0.39, 0.29) is 23.6 Å². The minimum Gasteiger partial charge on any atom is -0.481 e. The Morgan fingerprint density at radius 3 is 2.32 bits per heavy atom. The number of carbonyl (C=O) groups is 2. The molecule has 0 unspecified atom stereocenters. The normalized spacial score (nSPS) is 12.1. The number of nitrogens with one attached hydrogen (secondary N) is 1. The van der Waals surface area contributed by atoms with Gasteiger partial charge in [-0.25, -0.2) is 0 Å². The molecule has 8 heteroatoms. The van der Waals surface area contributed by atoms with Crippen molar-refractivity contribution >= 4 is 29.2 Å². The first-order valence-corrected chi connectivity index (χ1v) is 6.67.